The van der Waals surface area contributed by atoms with Crippen LogP contribution in [0.15, 0.2) is 9.95 Å². The van der Waals surface area contributed by atoms with Crippen LogP contribution in [0.3, 0.4) is 0 Å². The number of halogens is 2. The molecule has 0 amide bonds. The molecule has 0 bridgehead atoms. The number of fused-ring (bicyclic) bond motifs is 1. The summed E-state index contributed by atoms with van der Waals surface area (Å²) in [5, 5.41) is 9.56. The molecule has 1 fully saturated rings. The summed E-state index contributed by atoms with van der Waals surface area (Å²) in [5.41, 5.74) is 5.17. The van der Waals surface area contributed by atoms with Gasteiger partial charge in [-0.25, -0.2) is 9.37 Å². The standard InChI is InChI=1S/C14H16ClFN4O3S/c1-24-14-18-10-7(12(22)20-14)13(19-11(15)8(10)16)23-6-4-2-3-5(21)9(6)17/h5-6,9,21H,2-4,17H2,1H3,(H,18,20,22)/t5-,6+,9+/m0/s1. The summed E-state index contributed by atoms with van der Waals surface area (Å²) in [6.45, 7) is 0. The molecule has 1 saturated carbocycles. The third-order valence-electron chi connectivity index (χ3n) is 4.02. The van der Waals surface area contributed by atoms with Gasteiger partial charge in [0.05, 0.1) is 12.1 Å². The molecule has 3 rings (SSSR count). The van der Waals surface area contributed by atoms with E-state index >= 15 is 0 Å². The lowest BCUT2D eigenvalue weighted by Crippen LogP contribution is -2.50. The average Bonchev–Trinajstić information content (AvgIpc) is 2.55. The van der Waals surface area contributed by atoms with Crippen molar-refractivity contribution in [2.45, 2.75) is 42.7 Å². The highest BCUT2D eigenvalue weighted by atomic mass is 35.5. The highest BCUT2D eigenvalue weighted by molar-refractivity contribution is 7.98. The zero-order chi connectivity index (χ0) is 17.4. The van der Waals surface area contributed by atoms with E-state index in [0.29, 0.717) is 12.8 Å². The van der Waals surface area contributed by atoms with E-state index in [0.717, 1.165) is 18.2 Å². The van der Waals surface area contributed by atoms with Crippen LogP contribution in [0.1, 0.15) is 19.3 Å². The normalized spacial score (nSPS) is 24.3. The number of rotatable bonds is 3. The molecule has 0 saturated heterocycles. The van der Waals surface area contributed by atoms with Gasteiger partial charge in [0, 0.05) is 0 Å². The SMILES string of the molecule is CSc1nc2c(F)c(Cl)nc(O[C@@H]3CCC[C@H](O)[C@H]3N)c2c(=O)[nH]1. The number of nitrogens with zero attached hydrogens (tertiary/aromatic N) is 2. The number of nitrogens with two attached hydrogens (primary N) is 1. The lowest BCUT2D eigenvalue weighted by Gasteiger charge is -2.32. The van der Waals surface area contributed by atoms with Crippen LogP contribution in [0, 0.1) is 5.82 Å². The Labute approximate surface area is 145 Å². The molecular weight excluding hydrogens is 359 g/mol. The van der Waals surface area contributed by atoms with E-state index in [-0.39, 0.29) is 21.9 Å². The molecule has 0 radical (unpaired) electrons. The van der Waals surface area contributed by atoms with Crippen molar-refractivity contribution in [2.75, 3.05) is 6.26 Å². The van der Waals surface area contributed by atoms with Gasteiger partial charge in [-0.2, -0.15) is 4.98 Å². The summed E-state index contributed by atoms with van der Waals surface area (Å²) in [7, 11) is 0. The van der Waals surface area contributed by atoms with Gasteiger partial charge < -0.3 is 20.6 Å². The largest absolute Gasteiger partial charge is 0.472 e. The molecule has 0 spiro atoms. The molecule has 24 heavy (non-hydrogen) atoms. The van der Waals surface area contributed by atoms with Crippen molar-refractivity contribution < 1.29 is 14.2 Å². The minimum Gasteiger partial charge on any atom is -0.472 e. The van der Waals surface area contributed by atoms with E-state index in [2.05, 4.69) is 15.0 Å². The predicted octanol–water partition coefficient (Wildman–Crippen LogP) is 1.45. The van der Waals surface area contributed by atoms with Gasteiger partial charge in [0.1, 0.15) is 17.0 Å². The molecule has 4 N–H and O–H groups in total. The number of nitrogens with one attached hydrogen (secondary N) is 1. The molecule has 7 nitrogen and oxygen atoms in total. The molecule has 1 aliphatic carbocycles. The van der Waals surface area contributed by atoms with Crippen molar-refractivity contribution >= 4 is 34.3 Å². The van der Waals surface area contributed by atoms with Crippen LogP contribution >= 0.6 is 23.4 Å². The Bertz CT molecular complexity index is 834. The van der Waals surface area contributed by atoms with Crippen LogP contribution in [0.2, 0.25) is 5.15 Å². The number of aromatic amines is 1. The van der Waals surface area contributed by atoms with Crippen molar-refractivity contribution in [3.63, 3.8) is 0 Å². The number of ether oxygens (including phenoxy) is 1. The first-order valence-corrected chi connectivity index (χ1v) is 8.96. The summed E-state index contributed by atoms with van der Waals surface area (Å²) < 4.78 is 20.0. The Kier molecular flexibility index (Phi) is 4.95. The maximum absolute atomic E-state index is 14.3. The molecule has 0 aromatic carbocycles. The van der Waals surface area contributed by atoms with Crippen LogP contribution in [0.4, 0.5) is 4.39 Å². The number of aliphatic hydroxyl groups excluding tert-OH is 1. The molecule has 2 aromatic heterocycles. The second-order valence-electron chi connectivity index (χ2n) is 5.55. The second kappa shape index (κ2) is 6.83. The summed E-state index contributed by atoms with van der Waals surface area (Å²) >= 11 is 6.98. The van der Waals surface area contributed by atoms with Crippen molar-refractivity contribution in [3.8, 4) is 5.88 Å². The highest BCUT2D eigenvalue weighted by Crippen LogP contribution is 2.30. The van der Waals surface area contributed by atoms with Gasteiger partial charge in [-0.05, 0) is 25.5 Å². The third-order valence-corrected chi connectivity index (χ3v) is 4.85. The van der Waals surface area contributed by atoms with Gasteiger partial charge in [-0.1, -0.05) is 23.4 Å². The number of thioether (sulfide) groups is 1. The molecule has 1 aliphatic rings. The summed E-state index contributed by atoms with van der Waals surface area (Å²) in [4.78, 5) is 22.7. The second-order valence-corrected chi connectivity index (χ2v) is 6.71. The number of hydrogen-bond acceptors (Lipinski definition) is 7. The first kappa shape index (κ1) is 17.4. The lowest BCUT2D eigenvalue weighted by molar-refractivity contribution is 0.0291. The summed E-state index contributed by atoms with van der Waals surface area (Å²) in [6, 6.07) is -0.628. The van der Waals surface area contributed by atoms with E-state index in [4.69, 9.17) is 22.1 Å². The van der Waals surface area contributed by atoms with E-state index in [9.17, 15) is 14.3 Å². The number of aromatic nitrogens is 3. The Morgan fingerprint density at radius 2 is 2.21 bits per heavy atom. The Balaban J connectivity index is 2.11. The molecule has 0 unspecified atom stereocenters. The topological polar surface area (TPSA) is 114 Å². The van der Waals surface area contributed by atoms with Crippen LogP contribution in [0.25, 0.3) is 10.9 Å². The van der Waals surface area contributed by atoms with Gasteiger partial charge in [0.2, 0.25) is 5.88 Å². The van der Waals surface area contributed by atoms with Crippen LogP contribution < -0.4 is 16.0 Å². The van der Waals surface area contributed by atoms with E-state index in [1.807, 2.05) is 0 Å². The fraction of sp³-hybridized carbons (Fsp3) is 0.500. The van der Waals surface area contributed by atoms with E-state index in [1.165, 1.54) is 0 Å². The molecule has 2 heterocycles. The first-order chi connectivity index (χ1) is 11.4. The van der Waals surface area contributed by atoms with E-state index < -0.39 is 34.8 Å². The van der Waals surface area contributed by atoms with E-state index in [1.54, 1.807) is 6.26 Å². The zero-order valence-corrected chi connectivity index (χ0v) is 14.3. The fourth-order valence-corrected chi connectivity index (χ4v) is 3.27. The van der Waals surface area contributed by atoms with Gasteiger partial charge in [-0.15, -0.1) is 0 Å². The first-order valence-electron chi connectivity index (χ1n) is 7.35. The minimum absolute atomic E-state index is 0.123. The lowest BCUT2D eigenvalue weighted by atomic mass is 9.90. The van der Waals surface area contributed by atoms with Crippen molar-refractivity contribution in [1.29, 1.82) is 0 Å². The fourth-order valence-electron chi connectivity index (χ4n) is 2.73. The van der Waals surface area contributed by atoms with Crippen LogP contribution in [-0.2, 0) is 0 Å². The molecule has 2 aromatic rings. The Morgan fingerprint density at radius 1 is 1.46 bits per heavy atom. The third kappa shape index (κ3) is 3.08. The zero-order valence-electron chi connectivity index (χ0n) is 12.8. The van der Waals surface area contributed by atoms with Gasteiger partial charge in [0.25, 0.3) is 5.56 Å². The van der Waals surface area contributed by atoms with Crippen molar-refractivity contribution in [2.24, 2.45) is 5.73 Å². The number of pyridine rings is 1. The highest BCUT2D eigenvalue weighted by Gasteiger charge is 2.32. The number of H-pyrrole nitrogens is 1. The van der Waals surface area contributed by atoms with Crippen molar-refractivity contribution in [1.82, 2.24) is 15.0 Å². The maximum Gasteiger partial charge on any atom is 0.265 e. The minimum atomic E-state index is -0.881. The summed E-state index contributed by atoms with van der Waals surface area (Å²) in [6.07, 6.45) is 2.34. The molecular formula is C14H16ClFN4O3S. The smallest absolute Gasteiger partial charge is 0.265 e. The molecule has 130 valence electrons. The predicted molar refractivity (Wildman–Crippen MR) is 89.2 cm³/mol. The average molecular weight is 375 g/mol. The molecule has 0 aliphatic heterocycles. The number of hydrogen-bond donors (Lipinski definition) is 3. The van der Waals surface area contributed by atoms with Gasteiger partial charge in [-0.3, -0.25) is 4.79 Å². The van der Waals surface area contributed by atoms with Crippen molar-refractivity contribution in [3.05, 3.63) is 21.3 Å². The van der Waals surface area contributed by atoms with Gasteiger partial charge >= 0.3 is 0 Å². The summed E-state index contributed by atoms with van der Waals surface area (Å²) in [5.74, 6) is -1.01. The maximum atomic E-state index is 14.3. The number of aliphatic hydroxyl groups is 1. The van der Waals surface area contributed by atoms with Crippen LogP contribution in [-0.4, -0.2) is 44.6 Å². The molecule has 3 atom stereocenters. The monoisotopic (exact) mass is 374 g/mol. The molecule has 10 heteroatoms. The van der Waals surface area contributed by atoms with Crippen LogP contribution in [0.5, 0.6) is 5.88 Å². The Hall–Kier alpha value is -1.42. The van der Waals surface area contributed by atoms with Gasteiger partial charge in [0.15, 0.2) is 16.1 Å². The Morgan fingerprint density at radius 3 is 2.92 bits per heavy atom. The quantitative estimate of drug-likeness (QED) is 0.423.